The highest BCUT2D eigenvalue weighted by molar-refractivity contribution is 7.92. The summed E-state index contributed by atoms with van der Waals surface area (Å²) in [6.07, 6.45) is 1.30. The maximum atomic E-state index is 14.0. The molecule has 0 saturated carbocycles. The highest BCUT2D eigenvalue weighted by Crippen LogP contribution is 2.30. The van der Waals surface area contributed by atoms with Gasteiger partial charge in [-0.3, -0.25) is 13.9 Å². The Bertz CT molecular complexity index is 1420. The third-order valence-corrected chi connectivity index (χ3v) is 8.23. The van der Waals surface area contributed by atoms with Crippen molar-refractivity contribution < 1.29 is 18.0 Å². The standard InChI is InChI=1S/C29H33Cl2N3O4S/c1-20(2)23-12-8-9-13-26(23)34(39(4,37)38)19-28(35)33(18-22-14-15-24(30)25(31)16-22)27(29(36)32-3)17-21-10-6-5-7-11-21/h5-16,20,27H,17-19H2,1-4H3,(H,32,36). The maximum absolute atomic E-state index is 14.0. The van der Waals surface area contributed by atoms with Crippen molar-refractivity contribution in [3.05, 3.63) is 99.5 Å². The summed E-state index contributed by atoms with van der Waals surface area (Å²) in [5, 5.41) is 3.32. The zero-order valence-electron chi connectivity index (χ0n) is 22.4. The second-order valence-electron chi connectivity index (χ2n) is 9.57. The van der Waals surface area contributed by atoms with Crippen LogP contribution in [0.15, 0.2) is 72.8 Å². The molecule has 1 unspecified atom stereocenters. The molecule has 0 radical (unpaired) electrons. The highest BCUT2D eigenvalue weighted by atomic mass is 35.5. The Morgan fingerprint density at radius 1 is 0.897 bits per heavy atom. The smallest absolute Gasteiger partial charge is 0.244 e. The van der Waals surface area contributed by atoms with Crippen LogP contribution in [0.1, 0.15) is 36.5 Å². The molecule has 10 heteroatoms. The van der Waals surface area contributed by atoms with Crippen molar-refractivity contribution in [2.75, 3.05) is 24.2 Å². The van der Waals surface area contributed by atoms with E-state index >= 15 is 0 Å². The van der Waals surface area contributed by atoms with Crippen LogP contribution in [-0.4, -0.2) is 51.0 Å². The Balaban J connectivity index is 2.08. The van der Waals surface area contributed by atoms with Gasteiger partial charge in [-0.15, -0.1) is 0 Å². The van der Waals surface area contributed by atoms with Gasteiger partial charge in [0.25, 0.3) is 0 Å². The molecule has 2 amide bonds. The SMILES string of the molecule is CNC(=O)C(Cc1ccccc1)N(Cc1ccc(Cl)c(Cl)c1)C(=O)CN(c1ccccc1C(C)C)S(C)(=O)=O. The molecule has 0 bridgehead atoms. The van der Waals surface area contributed by atoms with Gasteiger partial charge >= 0.3 is 0 Å². The summed E-state index contributed by atoms with van der Waals surface area (Å²) in [5.74, 6) is -0.889. The maximum Gasteiger partial charge on any atom is 0.244 e. The van der Waals surface area contributed by atoms with Gasteiger partial charge in [-0.05, 0) is 40.8 Å². The third kappa shape index (κ3) is 7.97. The lowest BCUT2D eigenvalue weighted by Crippen LogP contribution is -2.53. The van der Waals surface area contributed by atoms with Gasteiger partial charge in [0.2, 0.25) is 21.8 Å². The summed E-state index contributed by atoms with van der Waals surface area (Å²) in [6, 6.07) is 20.5. The first kappa shape index (κ1) is 30.5. The topological polar surface area (TPSA) is 86.8 Å². The fourth-order valence-corrected chi connectivity index (χ4v) is 5.54. The summed E-state index contributed by atoms with van der Waals surface area (Å²) in [7, 11) is -2.35. The van der Waals surface area contributed by atoms with Gasteiger partial charge in [-0.2, -0.15) is 0 Å². The number of anilines is 1. The number of amides is 2. The van der Waals surface area contributed by atoms with Crippen molar-refractivity contribution in [1.82, 2.24) is 10.2 Å². The third-order valence-electron chi connectivity index (χ3n) is 6.36. The van der Waals surface area contributed by atoms with Gasteiger partial charge in [0.15, 0.2) is 0 Å². The molecule has 0 aliphatic heterocycles. The summed E-state index contributed by atoms with van der Waals surface area (Å²) >= 11 is 12.3. The average molecular weight is 591 g/mol. The Labute approximate surface area is 240 Å². The fourth-order valence-electron chi connectivity index (χ4n) is 4.35. The molecule has 1 N–H and O–H groups in total. The molecule has 7 nitrogen and oxygen atoms in total. The van der Waals surface area contributed by atoms with E-state index in [-0.39, 0.29) is 24.8 Å². The molecule has 3 aromatic rings. The van der Waals surface area contributed by atoms with E-state index < -0.39 is 28.5 Å². The lowest BCUT2D eigenvalue weighted by molar-refractivity contribution is -0.139. The van der Waals surface area contributed by atoms with Gasteiger partial charge in [0.05, 0.1) is 22.0 Å². The van der Waals surface area contributed by atoms with Crippen LogP contribution in [0.4, 0.5) is 5.69 Å². The molecule has 0 fully saturated rings. The molecule has 208 valence electrons. The van der Waals surface area contributed by atoms with Crippen LogP contribution in [0.25, 0.3) is 0 Å². The number of halogens is 2. The number of carbonyl (C=O) groups excluding carboxylic acids is 2. The largest absolute Gasteiger partial charge is 0.357 e. The number of hydrogen-bond acceptors (Lipinski definition) is 4. The molecule has 0 aliphatic carbocycles. The first-order valence-corrected chi connectivity index (χ1v) is 15.1. The van der Waals surface area contributed by atoms with Gasteiger partial charge in [-0.25, -0.2) is 8.42 Å². The highest BCUT2D eigenvalue weighted by Gasteiger charge is 2.33. The quantitative estimate of drug-likeness (QED) is 0.330. The average Bonchev–Trinajstić information content (AvgIpc) is 2.90. The minimum atomic E-state index is -3.85. The zero-order valence-corrected chi connectivity index (χ0v) is 24.7. The number of benzene rings is 3. The molecule has 1 atom stereocenters. The second-order valence-corrected chi connectivity index (χ2v) is 12.3. The molecule has 0 spiro atoms. The van der Waals surface area contributed by atoms with E-state index in [1.165, 1.54) is 11.9 Å². The van der Waals surface area contributed by atoms with Crippen molar-refractivity contribution in [3.8, 4) is 0 Å². The van der Waals surface area contributed by atoms with Crippen molar-refractivity contribution in [1.29, 1.82) is 0 Å². The number of para-hydroxylation sites is 1. The van der Waals surface area contributed by atoms with Crippen molar-refractivity contribution >= 4 is 50.7 Å². The molecular weight excluding hydrogens is 557 g/mol. The van der Waals surface area contributed by atoms with E-state index in [1.54, 1.807) is 30.3 Å². The molecule has 0 aromatic heterocycles. The zero-order chi connectivity index (χ0) is 28.7. The van der Waals surface area contributed by atoms with Crippen LogP contribution < -0.4 is 9.62 Å². The Hall–Kier alpha value is -3.07. The van der Waals surface area contributed by atoms with Crippen molar-refractivity contribution in [3.63, 3.8) is 0 Å². The molecule has 0 saturated heterocycles. The second kappa shape index (κ2) is 13.3. The van der Waals surface area contributed by atoms with E-state index in [2.05, 4.69) is 5.32 Å². The van der Waals surface area contributed by atoms with Crippen LogP contribution in [0.3, 0.4) is 0 Å². The number of rotatable bonds is 11. The van der Waals surface area contributed by atoms with E-state index in [4.69, 9.17) is 23.2 Å². The van der Waals surface area contributed by atoms with Crippen LogP contribution in [0.5, 0.6) is 0 Å². The molecule has 39 heavy (non-hydrogen) atoms. The predicted octanol–water partition coefficient (Wildman–Crippen LogP) is 5.27. The predicted molar refractivity (Wildman–Crippen MR) is 158 cm³/mol. The number of nitrogens with one attached hydrogen (secondary N) is 1. The molecular formula is C29H33Cl2N3O4S. The molecule has 0 heterocycles. The van der Waals surface area contributed by atoms with Crippen molar-refractivity contribution in [2.45, 2.75) is 38.8 Å². The summed E-state index contributed by atoms with van der Waals surface area (Å²) < 4.78 is 27.1. The number of carbonyl (C=O) groups is 2. The monoisotopic (exact) mass is 589 g/mol. The van der Waals surface area contributed by atoms with Crippen LogP contribution in [0.2, 0.25) is 10.0 Å². The van der Waals surface area contributed by atoms with Gasteiger partial charge < -0.3 is 10.2 Å². The number of nitrogens with zero attached hydrogens (tertiary/aromatic N) is 2. The first-order chi connectivity index (χ1) is 18.4. The van der Waals surface area contributed by atoms with E-state index in [9.17, 15) is 18.0 Å². The number of likely N-dealkylation sites (N-methyl/N-ethyl adjacent to an activating group) is 1. The van der Waals surface area contributed by atoms with E-state index in [0.717, 1.165) is 21.7 Å². The number of sulfonamides is 1. The fraction of sp³-hybridized carbons (Fsp3) is 0.310. The summed E-state index contributed by atoms with van der Waals surface area (Å²) in [6.45, 7) is 3.45. The molecule has 3 rings (SSSR count). The van der Waals surface area contributed by atoms with Crippen LogP contribution in [0, 0.1) is 0 Å². The minimum absolute atomic E-state index is 0.0179. The van der Waals surface area contributed by atoms with Crippen molar-refractivity contribution in [2.24, 2.45) is 0 Å². The Morgan fingerprint density at radius 2 is 1.54 bits per heavy atom. The van der Waals surface area contributed by atoms with E-state index in [1.807, 2.05) is 56.3 Å². The lowest BCUT2D eigenvalue weighted by atomic mass is 10.0. The number of hydrogen-bond donors (Lipinski definition) is 1. The first-order valence-electron chi connectivity index (χ1n) is 12.5. The minimum Gasteiger partial charge on any atom is -0.357 e. The van der Waals surface area contributed by atoms with Gasteiger partial charge in [0.1, 0.15) is 12.6 Å². The van der Waals surface area contributed by atoms with Gasteiger partial charge in [-0.1, -0.05) is 91.6 Å². The Morgan fingerprint density at radius 3 is 2.13 bits per heavy atom. The molecule has 3 aromatic carbocycles. The van der Waals surface area contributed by atoms with Crippen LogP contribution >= 0.6 is 23.2 Å². The van der Waals surface area contributed by atoms with Gasteiger partial charge in [0, 0.05) is 20.0 Å². The summed E-state index contributed by atoms with van der Waals surface area (Å²) in [5.41, 5.74) is 2.72. The normalized spacial score (nSPS) is 12.2. The lowest BCUT2D eigenvalue weighted by Gasteiger charge is -2.34. The molecule has 0 aliphatic rings. The Kier molecular flexibility index (Phi) is 10.4. The summed E-state index contributed by atoms with van der Waals surface area (Å²) in [4.78, 5) is 28.6. The van der Waals surface area contributed by atoms with Crippen LogP contribution in [-0.2, 0) is 32.6 Å². The van der Waals surface area contributed by atoms with E-state index in [0.29, 0.717) is 21.3 Å².